The lowest BCUT2D eigenvalue weighted by molar-refractivity contribution is 0.0698. The number of benzene rings is 1. The number of para-hydroxylation sites is 1. The maximum atomic E-state index is 11.2. The molecule has 1 aromatic carbocycles. The van der Waals surface area contributed by atoms with Crippen molar-refractivity contribution in [1.82, 2.24) is 9.97 Å². The third kappa shape index (κ3) is 3.92. The second-order valence-corrected chi connectivity index (χ2v) is 4.62. The topological polar surface area (TPSA) is 87.1 Å². The number of aromatic carboxylic acids is 1. The lowest BCUT2D eigenvalue weighted by atomic mass is 10.2. The molecule has 2 aromatic rings. The van der Waals surface area contributed by atoms with Gasteiger partial charge in [-0.05, 0) is 25.5 Å². The molecular weight excluding hydrogens is 268 g/mol. The number of nitrogens with zero attached hydrogens (tertiary/aromatic N) is 2. The molecule has 0 spiro atoms. The summed E-state index contributed by atoms with van der Waals surface area (Å²) in [5.41, 5.74) is 1.51. The number of anilines is 3. The summed E-state index contributed by atoms with van der Waals surface area (Å²) < 4.78 is 0. The summed E-state index contributed by atoms with van der Waals surface area (Å²) in [6.07, 6.45) is 0.974. The number of hydrogen-bond acceptors (Lipinski definition) is 5. The minimum absolute atomic E-state index is 0.205. The van der Waals surface area contributed by atoms with Crippen LogP contribution in [0.5, 0.6) is 0 Å². The van der Waals surface area contributed by atoms with E-state index in [2.05, 4.69) is 27.5 Å². The largest absolute Gasteiger partial charge is 0.478 e. The molecule has 0 fully saturated rings. The van der Waals surface area contributed by atoms with Crippen molar-refractivity contribution >= 4 is 23.4 Å². The van der Waals surface area contributed by atoms with E-state index in [0.717, 1.165) is 18.7 Å². The van der Waals surface area contributed by atoms with Crippen molar-refractivity contribution in [2.24, 2.45) is 0 Å². The summed E-state index contributed by atoms with van der Waals surface area (Å²) in [6.45, 7) is 4.72. The second kappa shape index (κ2) is 6.69. The Morgan fingerprint density at radius 3 is 2.76 bits per heavy atom. The van der Waals surface area contributed by atoms with E-state index in [0.29, 0.717) is 17.5 Å². The Balaban J connectivity index is 2.27. The standard InChI is InChI=1S/C15H18N4O2/c1-3-8-16-15-17-10(2)9-13(19-15)18-12-7-5-4-6-11(12)14(20)21/h4-7,9H,3,8H2,1-2H3,(H,20,21)(H2,16,17,18,19). The van der Waals surface area contributed by atoms with Crippen LogP contribution in [0.3, 0.4) is 0 Å². The van der Waals surface area contributed by atoms with Crippen molar-refractivity contribution in [2.75, 3.05) is 17.2 Å². The van der Waals surface area contributed by atoms with Crippen LogP contribution in [0.15, 0.2) is 30.3 Å². The van der Waals surface area contributed by atoms with Crippen LogP contribution in [0, 0.1) is 6.92 Å². The molecule has 0 aliphatic rings. The smallest absolute Gasteiger partial charge is 0.337 e. The first kappa shape index (κ1) is 14.8. The highest BCUT2D eigenvalue weighted by atomic mass is 16.4. The fourth-order valence-corrected chi connectivity index (χ4v) is 1.87. The number of rotatable bonds is 6. The molecule has 1 aromatic heterocycles. The minimum Gasteiger partial charge on any atom is -0.478 e. The zero-order valence-electron chi connectivity index (χ0n) is 12.1. The minimum atomic E-state index is -0.979. The lowest BCUT2D eigenvalue weighted by Gasteiger charge is -2.11. The highest BCUT2D eigenvalue weighted by molar-refractivity contribution is 5.95. The van der Waals surface area contributed by atoms with Crippen LogP contribution in [0.4, 0.5) is 17.5 Å². The molecule has 6 nitrogen and oxygen atoms in total. The third-order valence-corrected chi connectivity index (χ3v) is 2.81. The number of carbonyl (C=O) groups is 1. The summed E-state index contributed by atoms with van der Waals surface area (Å²) in [6, 6.07) is 8.50. The van der Waals surface area contributed by atoms with Crippen LogP contribution in [0.25, 0.3) is 0 Å². The van der Waals surface area contributed by atoms with Crippen molar-refractivity contribution in [2.45, 2.75) is 20.3 Å². The van der Waals surface area contributed by atoms with E-state index >= 15 is 0 Å². The summed E-state index contributed by atoms with van der Waals surface area (Å²) in [5.74, 6) is 0.121. The summed E-state index contributed by atoms with van der Waals surface area (Å²) in [5, 5.41) is 15.3. The molecule has 0 aliphatic heterocycles. The van der Waals surface area contributed by atoms with E-state index in [-0.39, 0.29) is 5.56 Å². The van der Waals surface area contributed by atoms with Crippen LogP contribution >= 0.6 is 0 Å². The van der Waals surface area contributed by atoms with Gasteiger partial charge in [0.05, 0.1) is 11.3 Å². The SMILES string of the molecule is CCCNc1nc(C)cc(Nc2ccccc2C(=O)O)n1. The van der Waals surface area contributed by atoms with Gasteiger partial charge in [-0.2, -0.15) is 4.98 Å². The van der Waals surface area contributed by atoms with Gasteiger partial charge < -0.3 is 15.7 Å². The van der Waals surface area contributed by atoms with Gasteiger partial charge in [0.2, 0.25) is 5.95 Å². The first-order valence-electron chi connectivity index (χ1n) is 6.79. The van der Waals surface area contributed by atoms with Gasteiger partial charge in [0.15, 0.2) is 0 Å². The number of aryl methyl sites for hydroxylation is 1. The average Bonchev–Trinajstić information content (AvgIpc) is 2.45. The van der Waals surface area contributed by atoms with E-state index < -0.39 is 5.97 Å². The molecule has 0 bridgehead atoms. The number of hydrogen-bond donors (Lipinski definition) is 3. The Labute approximate surface area is 123 Å². The summed E-state index contributed by atoms with van der Waals surface area (Å²) in [7, 11) is 0. The number of carboxylic acid groups (broad SMARTS) is 1. The first-order chi connectivity index (χ1) is 10.1. The van der Waals surface area contributed by atoms with Gasteiger partial charge in [-0.1, -0.05) is 19.1 Å². The maximum Gasteiger partial charge on any atom is 0.337 e. The Morgan fingerprint density at radius 1 is 1.29 bits per heavy atom. The van der Waals surface area contributed by atoms with Gasteiger partial charge in [0.1, 0.15) is 5.82 Å². The van der Waals surface area contributed by atoms with Crippen LogP contribution in [0.2, 0.25) is 0 Å². The van der Waals surface area contributed by atoms with Gasteiger partial charge in [-0.3, -0.25) is 0 Å². The van der Waals surface area contributed by atoms with Crippen LogP contribution in [0.1, 0.15) is 29.4 Å². The van der Waals surface area contributed by atoms with E-state index in [1.807, 2.05) is 6.92 Å². The molecule has 0 atom stereocenters. The van der Waals surface area contributed by atoms with Gasteiger partial charge in [-0.25, -0.2) is 9.78 Å². The van der Waals surface area contributed by atoms with Crippen molar-refractivity contribution in [1.29, 1.82) is 0 Å². The van der Waals surface area contributed by atoms with Crippen molar-refractivity contribution in [3.05, 3.63) is 41.6 Å². The van der Waals surface area contributed by atoms with Gasteiger partial charge in [-0.15, -0.1) is 0 Å². The zero-order chi connectivity index (χ0) is 15.2. The fourth-order valence-electron chi connectivity index (χ4n) is 1.87. The van der Waals surface area contributed by atoms with Gasteiger partial charge in [0.25, 0.3) is 0 Å². The molecule has 0 radical (unpaired) electrons. The Hall–Kier alpha value is -2.63. The monoisotopic (exact) mass is 286 g/mol. The lowest BCUT2D eigenvalue weighted by Crippen LogP contribution is -2.08. The molecule has 1 heterocycles. The molecule has 6 heteroatoms. The molecule has 2 rings (SSSR count). The second-order valence-electron chi connectivity index (χ2n) is 4.62. The first-order valence-corrected chi connectivity index (χ1v) is 6.79. The Morgan fingerprint density at radius 2 is 2.05 bits per heavy atom. The highest BCUT2D eigenvalue weighted by Gasteiger charge is 2.10. The molecular formula is C15H18N4O2. The molecule has 0 amide bonds. The average molecular weight is 286 g/mol. The Bertz CT molecular complexity index is 643. The summed E-state index contributed by atoms with van der Waals surface area (Å²) in [4.78, 5) is 19.8. The van der Waals surface area contributed by atoms with E-state index in [9.17, 15) is 9.90 Å². The van der Waals surface area contributed by atoms with E-state index in [1.165, 1.54) is 0 Å². The normalized spacial score (nSPS) is 10.2. The number of carboxylic acids is 1. The maximum absolute atomic E-state index is 11.2. The molecule has 0 unspecified atom stereocenters. The molecule has 0 saturated carbocycles. The number of aromatic nitrogens is 2. The van der Waals surface area contributed by atoms with Crippen molar-refractivity contribution < 1.29 is 9.90 Å². The quantitative estimate of drug-likeness (QED) is 0.756. The molecule has 0 aliphatic carbocycles. The van der Waals surface area contributed by atoms with Crippen molar-refractivity contribution in [3.63, 3.8) is 0 Å². The van der Waals surface area contributed by atoms with E-state index in [1.54, 1.807) is 30.3 Å². The fraction of sp³-hybridized carbons (Fsp3) is 0.267. The molecule has 110 valence electrons. The van der Waals surface area contributed by atoms with Crippen LogP contribution in [-0.2, 0) is 0 Å². The van der Waals surface area contributed by atoms with Gasteiger partial charge in [0, 0.05) is 18.3 Å². The molecule has 0 saturated heterocycles. The van der Waals surface area contributed by atoms with Crippen molar-refractivity contribution in [3.8, 4) is 0 Å². The predicted molar refractivity (Wildman–Crippen MR) is 82.2 cm³/mol. The predicted octanol–water partition coefficient (Wildman–Crippen LogP) is 3.05. The highest BCUT2D eigenvalue weighted by Crippen LogP contribution is 2.20. The van der Waals surface area contributed by atoms with Crippen LogP contribution < -0.4 is 10.6 Å². The zero-order valence-corrected chi connectivity index (χ0v) is 12.1. The summed E-state index contributed by atoms with van der Waals surface area (Å²) >= 11 is 0. The number of nitrogens with one attached hydrogen (secondary N) is 2. The molecule has 21 heavy (non-hydrogen) atoms. The van der Waals surface area contributed by atoms with Gasteiger partial charge >= 0.3 is 5.97 Å². The van der Waals surface area contributed by atoms with E-state index in [4.69, 9.17) is 0 Å². The Kier molecular flexibility index (Phi) is 4.71. The molecule has 3 N–H and O–H groups in total. The third-order valence-electron chi connectivity index (χ3n) is 2.81. The van der Waals surface area contributed by atoms with Crippen LogP contribution in [-0.4, -0.2) is 27.6 Å².